The maximum atomic E-state index is 12.9. The first kappa shape index (κ1) is 27.4. The van der Waals surface area contributed by atoms with Gasteiger partial charge in [-0.1, -0.05) is 19.0 Å². The van der Waals surface area contributed by atoms with E-state index in [9.17, 15) is 22.8 Å². The Hall–Kier alpha value is -1.64. The van der Waals surface area contributed by atoms with E-state index < -0.39 is 18.8 Å². The van der Waals surface area contributed by atoms with Crippen molar-refractivity contribution in [2.75, 3.05) is 26.7 Å². The lowest BCUT2D eigenvalue weighted by molar-refractivity contribution is -0.142. The van der Waals surface area contributed by atoms with Gasteiger partial charge in [-0.2, -0.15) is 13.2 Å². The molecule has 0 heterocycles. The minimum absolute atomic E-state index is 0.0482. The Balaban J connectivity index is 1.44. The number of hydrogen-bond acceptors (Lipinski definition) is 5. The normalized spacial score (nSPS) is 38.7. The second kappa shape index (κ2) is 10.3. The molecule has 0 radical (unpaired) electrons. The van der Waals surface area contributed by atoms with Crippen LogP contribution in [0.15, 0.2) is 5.16 Å². The molecule has 36 heavy (non-hydrogen) atoms. The molecule has 0 aromatic carbocycles. The van der Waals surface area contributed by atoms with Gasteiger partial charge in [-0.3, -0.25) is 14.5 Å². The monoisotopic (exact) mass is 513 g/mol. The highest BCUT2D eigenvalue weighted by Gasteiger charge is 2.60. The van der Waals surface area contributed by atoms with Crippen LogP contribution in [0.2, 0.25) is 0 Å². The van der Waals surface area contributed by atoms with Gasteiger partial charge in [-0.15, -0.1) is 0 Å². The van der Waals surface area contributed by atoms with Crippen LogP contribution in [0.25, 0.3) is 0 Å². The van der Waals surface area contributed by atoms with Crippen molar-refractivity contribution in [2.24, 2.45) is 45.6 Å². The van der Waals surface area contributed by atoms with Crippen molar-refractivity contribution in [2.45, 2.75) is 84.7 Å². The van der Waals surface area contributed by atoms with Crippen LogP contribution in [-0.2, 0) is 9.63 Å². The second-order valence-electron chi connectivity index (χ2n) is 12.3. The fourth-order valence-corrected chi connectivity index (χ4v) is 8.66. The molecule has 7 atom stereocenters. The molecular formula is C27H42F3N3O3. The Morgan fingerprint density at radius 3 is 2.53 bits per heavy atom. The van der Waals surface area contributed by atoms with Gasteiger partial charge >= 0.3 is 12.3 Å². The van der Waals surface area contributed by atoms with Gasteiger partial charge in [-0.25, -0.2) is 4.79 Å². The number of amides is 1. The zero-order chi connectivity index (χ0) is 26.3. The molecule has 1 N–H and O–H groups in total. The van der Waals surface area contributed by atoms with E-state index in [2.05, 4.69) is 24.3 Å². The number of nitrogens with one attached hydrogen (secondary N) is 1. The Bertz CT molecular complexity index is 878. The van der Waals surface area contributed by atoms with Crippen molar-refractivity contribution < 1.29 is 27.6 Å². The molecule has 0 aromatic rings. The number of hydrogen-bond donors (Lipinski definition) is 1. The molecule has 0 aliphatic heterocycles. The molecule has 4 fully saturated rings. The molecule has 4 saturated carbocycles. The molecule has 0 aromatic heterocycles. The Morgan fingerprint density at radius 1 is 1.11 bits per heavy atom. The maximum absolute atomic E-state index is 12.9. The lowest BCUT2D eigenvalue weighted by Gasteiger charge is -2.60. The van der Waals surface area contributed by atoms with Gasteiger partial charge in [0.2, 0.25) is 0 Å². The number of carbonyl (C=O) groups excluding carboxylic acids is 2. The highest BCUT2D eigenvalue weighted by molar-refractivity contribution is 5.85. The number of fused-ring (bicyclic) bond motifs is 5. The van der Waals surface area contributed by atoms with Crippen LogP contribution < -0.4 is 5.32 Å². The predicted octanol–water partition coefficient (Wildman–Crippen LogP) is 5.81. The summed E-state index contributed by atoms with van der Waals surface area (Å²) in [5.74, 6) is 2.96. The molecular weight excluding hydrogens is 471 g/mol. The first-order chi connectivity index (χ1) is 16.9. The van der Waals surface area contributed by atoms with Crippen molar-refractivity contribution in [3.8, 4) is 0 Å². The van der Waals surface area contributed by atoms with Crippen LogP contribution in [0.5, 0.6) is 0 Å². The van der Waals surface area contributed by atoms with E-state index >= 15 is 0 Å². The third-order valence-corrected chi connectivity index (χ3v) is 10.5. The number of Topliss-reactive ketones (excluding diaryl/α,β-unsaturated/α-hetero) is 1. The van der Waals surface area contributed by atoms with Crippen LogP contribution >= 0.6 is 0 Å². The topological polar surface area (TPSA) is 71.0 Å². The Morgan fingerprint density at radius 2 is 1.83 bits per heavy atom. The average molecular weight is 514 g/mol. The SMILES string of the molecule is CNCCN(CC(F)(F)F)C(=O)O/N=C(\C)[C@H]1CC[C@H]2[C@@H]3CC[C@@H]4CC(=O)CC[C@]4(C)[C@H]3CC[C@]12C. The molecule has 0 saturated heterocycles. The summed E-state index contributed by atoms with van der Waals surface area (Å²) in [5, 5.41) is 6.85. The molecule has 4 aliphatic rings. The van der Waals surface area contributed by atoms with Crippen LogP contribution in [-0.4, -0.2) is 55.3 Å². The lowest BCUT2D eigenvalue weighted by Crippen LogP contribution is -2.53. The van der Waals surface area contributed by atoms with Gasteiger partial charge in [0, 0.05) is 31.8 Å². The van der Waals surface area contributed by atoms with Crippen molar-refractivity contribution >= 4 is 17.6 Å². The third-order valence-electron chi connectivity index (χ3n) is 10.5. The quantitative estimate of drug-likeness (QED) is 0.276. The first-order valence-electron chi connectivity index (χ1n) is 13.6. The number of alkyl halides is 3. The van der Waals surface area contributed by atoms with Crippen molar-refractivity contribution in [3.63, 3.8) is 0 Å². The standard InChI is InChI=1S/C27H42F3N3O3/c1-17(32-36-24(35)33(14-13-31-4)16-27(28,29)30)21-7-8-22-20-6-5-18-15-19(34)9-11-25(18,2)23(20)10-12-26(21,22)3/h18,20-23,31H,5-16H2,1-4H3/b32-17+/t18-,20+,21-,22+,23+,25+,26-/m1/s1. The Kier molecular flexibility index (Phi) is 7.81. The molecule has 4 rings (SSSR count). The second-order valence-corrected chi connectivity index (χ2v) is 12.3. The molecule has 9 heteroatoms. The molecule has 0 unspecified atom stereocenters. The first-order valence-corrected chi connectivity index (χ1v) is 13.6. The van der Waals surface area contributed by atoms with Crippen LogP contribution in [0.4, 0.5) is 18.0 Å². The smallest absolute Gasteiger partial charge is 0.318 e. The summed E-state index contributed by atoms with van der Waals surface area (Å²) in [7, 11) is 1.62. The molecule has 1 amide bonds. The van der Waals surface area contributed by atoms with E-state index in [0.29, 0.717) is 40.1 Å². The third kappa shape index (κ3) is 5.18. The van der Waals surface area contributed by atoms with E-state index in [1.54, 1.807) is 7.05 Å². The van der Waals surface area contributed by atoms with Gasteiger partial charge in [0.1, 0.15) is 12.3 Å². The summed E-state index contributed by atoms with van der Waals surface area (Å²) in [6, 6.07) is 0. The van der Waals surface area contributed by atoms with Crippen LogP contribution in [0.1, 0.15) is 78.6 Å². The van der Waals surface area contributed by atoms with Gasteiger partial charge < -0.3 is 5.32 Å². The van der Waals surface area contributed by atoms with Gasteiger partial charge in [0.15, 0.2) is 0 Å². The highest BCUT2D eigenvalue weighted by atomic mass is 19.4. The van der Waals surface area contributed by atoms with Gasteiger partial charge in [0.05, 0.1) is 5.71 Å². The number of nitrogens with zero attached hydrogens (tertiary/aromatic N) is 2. The van der Waals surface area contributed by atoms with Gasteiger partial charge in [-0.05, 0) is 93.4 Å². The molecule has 6 nitrogen and oxygen atoms in total. The van der Waals surface area contributed by atoms with E-state index in [-0.39, 0.29) is 29.8 Å². The summed E-state index contributed by atoms with van der Waals surface area (Å²) in [5.41, 5.74) is 1.01. The molecule has 0 bridgehead atoms. The summed E-state index contributed by atoms with van der Waals surface area (Å²) in [4.78, 5) is 30.3. The number of carbonyl (C=O) groups is 2. The summed E-state index contributed by atoms with van der Waals surface area (Å²) >= 11 is 0. The summed E-state index contributed by atoms with van der Waals surface area (Å²) < 4.78 is 38.8. The largest absolute Gasteiger partial charge is 0.436 e. The van der Waals surface area contributed by atoms with E-state index in [4.69, 9.17) is 4.84 Å². The maximum Gasteiger partial charge on any atom is 0.436 e. The zero-order valence-electron chi connectivity index (χ0n) is 22.1. The van der Waals surface area contributed by atoms with E-state index in [1.165, 1.54) is 6.42 Å². The molecule has 204 valence electrons. The minimum atomic E-state index is -4.50. The average Bonchev–Trinajstić information content (AvgIpc) is 3.17. The number of halogens is 3. The van der Waals surface area contributed by atoms with Gasteiger partial charge in [0.25, 0.3) is 0 Å². The molecule has 0 spiro atoms. The lowest BCUT2D eigenvalue weighted by atomic mass is 9.44. The molecule has 4 aliphatic carbocycles. The Labute approximate surface area is 212 Å². The number of oxime groups is 1. The minimum Gasteiger partial charge on any atom is -0.318 e. The van der Waals surface area contributed by atoms with Crippen LogP contribution in [0.3, 0.4) is 0 Å². The van der Waals surface area contributed by atoms with E-state index in [0.717, 1.165) is 51.4 Å². The summed E-state index contributed by atoms with van der Waals surface area (Å²) in [6.07, 6.45) is 3.51. The highest BCUT2D eigenvalue weighted by Crippen LogP contribution is 2.67. The summed E-state index contributed by atoms with van der Waals surface area (Å²) in [6.45, 7) is 5.38. The number of ketones is 1. The van der Waals surface area contributed by atoms with E-state index in [1.807, 2.05) is 6.92 Å². The van der Waals surface area contributed by atoms with Crippen LogP contribution in [0, 0.1) is 40.4 Å². The fraction of sp³-hybridized carbons (Fsp3) is 0.889. The fourth-order valence-electron chi connectivity index (χ4n) is 8.66. The predicted molar refractivity (Wildman–Crippen MR) is 131 cm³/mol. The van der Waals surface area contributed by atoms with Crippen molar-refractivity contribution in [1.82, 2.24) is 10.2 Å². The zero-order valence-corrected chi connectivity index (χ0v) is 22.1. The number of rotatable bonds is 6. The van der Waals surface area contributed by atoms with Crippen molar-refractivity contribution in [3.05, 3.63) is 0 Å². The van der Waals surface area contributed by atoms with Crippen molar-refractivity contribution in [1.29, 1.82) is 0 Å². The number of likely N-dealkylation sites (N-methyl/N-ethyl adjacent to an activating group) is 1.